The number of primary amides is 2. The van der Waals surface area contributed by atoms with Gasteiger partial charge in [0.15, 0.2) is 5.82 Å². The summed E-state index contributed by atoms with van der Waals surface area (Å²) in [7, 11) is 1.53. The molecule has 10 heteroatoms. The summed E-state index contributed by atoms with van der Waals surface area (Å²) in [6.45, 7) is 1.76. The predicted molar refractivity (Wildman–Crippen MR) is 115 cm³/mol. The Balaban J connectivity index is 2.01. The van der Waals surface area contributed by atoms with Crippen LogP contribution in [0.2, 0.25) is 0 Å². The lowest BCUT2D eigenvalue weighted by atomic mass is 10.1. The SMILES string of the molecule is COCc1cc(Oc2ccc(F)cc2)ccc1-c1nc(NC(C)C(N)=O)cc(C(N)=O)n1. The number of hydrogen-bond donors (Lipinski definition) is 3. The van der Waals surface area contributed by atoms with Gasteiger partial charge >= 0.3 is 0 Å². The predicted octanol–water partition coefficient (Wildman–Crippen LogP) is 2.61. The van der Waals surface area contributed by atoms with E-state index in [-0.39, 0.29) is 29.8 Å². The lowest BCUT2D eigenvalue weighted by Crippen LogP contribution is -2.33. The van der Waals surface area contributed by atoms with Crippen molar-refractivity contribution in [2.24, 2.45) is 11.5 Å². The fourth-order valence-corrected chi connectivity index (χ4v) is 2.83. The van der Waals surface area contributed by atoms with Gasteiger partial charge in [0.05, 0.1) is 6.61 Å². The van der Waals surface area contributed by atoms with E-state index in [1.54, 1.807) is 25.1 Å². The first-order valence-electron chi connectivity index (χ1n) is 9.57. The zero-order chi connectivity index (χ0) is 23.3. The number of benzene rings is 2. The third kappa shape index (κ3) is 5.55. The number of halogens is 1. The Morgan fingerprint density at radius 2 is 1.75 bits per heavy atom. The molecule has 3 aromatic rings. The van der Waals surface area contributed by atoms with Gasteiger partial charge in [0, 0.05) is 18.7 Å². The molecule has 0 bridgehead atoms. The summed E-state index contributed by atoms with van der Waals surface area (Å²) in [6, 6.07) is 11.3. The van der Waals surface area contributed by atoms with Gasteiger partial charge in [0.25, 0.3) is 5.91 Å². The van der Waals surface area contributed by atoms with Gasteiger partial charge in [-0.3, -0.25) is 9.59 Å². The Morgan fingerprint density at radius 3 is 2.38 bits per heavy atom. The Labute approximate surface area is 183 Å². The normalized spacial score (nSPS) is 11.6. The van der Waals surface area contributed by atoms with Crippen molar-refractivity contribution in [1.29, 1.82) is 0 Å². The molecule has 9 nitrogen and oxygen atoms in total. The van der Waals surface area contributed by atoms with Crippen molar-refractivity contribution in [3.63, 3.8) is 0 Å². The van der Waals surface area contributed by atoms with Crippen LogP contribution in [-0.2, 0) is 16.1 Å². The number of nitrogens with two attached hydrogens (primary N) is 2. The molecule has 5 N–H and O–H groups in total. The van der Waals surface area contributed by atoms with Gasteiger partial charge in [-0.05, 0) is 55.0 Å². The van der Waals surface area contributed by atoms with Crippen LogP contribution in [0.5, 0.6) is 11.5 Å². The Bertz CT molecular complexity index is 1140. The Morgan fingerprint density at radius 1 is 1.06 bits per heavy atom. The molecule has 2 aromatic carbocycles. The molecule has 1 unspecified atom stereocenters. The van der Waals surface area contributed by atoms with Gasteiger partial charge < -0.3 is 26.3 Å². The zero-order valence-electron chi connectivity index (χ0n) is 17.5. The third-order valence-electron chi connectivity index (χ3n) is 4.44. The van der Waals surface area contributed by atoms with Crippen LogP contribution in [-0.4, -0.2) is 34.9 Å². The van der Waals surface area contributed by atoms with Gasteiger partial charge in [0.2, 0.25) is 5.91 Å². The van der Waals surface area contributed by atoms with Crippen LogP contribution in [0.1, 0.15) is 23.0 Å². The molecule has 0 aliphatic heterocycles. The molecule has 0 spiro atoms. The number of ether oxygens (including phenoxy) is 2. The van der Waals surface area contributed by atoms with E-state index < -0.39 is 17.9 Å². The fourth-order valence-electron chi connectivity index (χ4n) is 2.83. The number of amides is 2. The van der Waals surface area contributed by atoms with Crippen molar-refractivity contribution < 1.29 is 23.5 Å². The minimum atomic E-state index is -0.756. The van der Waals surface area contributed by atoms with E-state index in [2.05, 4.69) is 15.3 Å². The summed E-state index contributed by atoms with van der Waals surface area (Å²) in [5.74, 6) is -0.359. The lowest BCUT2D eigenvalue weighted by Gasteiger charge is -2.15. The first-order valence-corrected chi connectivity index (χ1v) is 9.57. The minimum absolute atomic E-state index is 0.0378. The molecule has 3 rings (SSSR count). The second kappa shape index (κ2) is 9.84. The molecule has 0 aliphatic rings. The van der Waals surface area contributed by atoms with Crippen molar-refractivity contribution in [2.45, 2.75) is 19.6 Å². The molecule has 0 saturated carbocycles. The van der Waals surface area contributed by atoms with Crippen LogP contribution < -0.4 is 21.5 Å². The number of methoxy groups -OCH3 is 1. The third-order valence-corrected chi connectivity index (χ3v) is 4.44. The summed E-state index contributed by atoms with van der Waals surface area (Å²) in [5.41, 5.74) is 11.9. The average Bonchev–Trinajstić information content (AvgIpc) is 2.75. The van der Waals surface area contributed by atoms with Crippen molar-refractivity contribution in [2.75, 3.05) is 12.4 Å². The summed E-state index contributed by atoms with van der Waals surface area (Å²) >= 11 is 0. The molecule has 1 aromatic heterocycles. The fraction of sp³-hybridized carbons (Fsp3) is 0.182. The molecular weight excluding hydrogens is 417 g/mol. The number of anilines is 1. The van der Waals surface area contributed by atoms with E-state index in [1.165, 1.54) is 37.4 Å². The van der Waals surface area contributed by atoms with E-state index in [9.17, 15) is 14.0 Å². The molecule has 0 radical (unpaired) electrons. The second-order valence-electron chi connectivity index (χ2n) is 6.90. The van der Waals surface area contributed by atoms with Gasteiger partial charge in [-0.1, -0.05) is 0 Å². The maximum absolute atomic E-state index is 13.1. The summed E-state index contributed by atoms with van der Waals surface area (Å²) in [4.78, 5) is 31.8. The van der Waals surface area contributed by atoms with E-state index in [4.69, 9.17) is 20.9 Å². The standard InChI is InChI=1S/C22H22FN5O4/c1-12(20(24)29)26-19-10-18(21(25)30)27-22(28-19)17-8-7-16(9-13(17)11-31-2)32-15-5-3-14(23)4-6-15/h3-10,12H,11H2,1-2H3,(H2,24,29)(H2,25,30)(H,26,27,28). The summed E-state index contributed by atoms with van der Waals surface area (Å²) in [6.07, 6.45) is 0. The highest BCUT2D eigenvalue weighted by Gasteiger charge is 2.17. The van der Waals surface area contributed by atoms with Gasteiger partial charge in [-0.2, -0.15) is 0 Å². The van der Waals surface area contributed by atoms with Crippen LogP contribution in [0.15, 0.2) is 48.5 Å². The van der Waals surface area contributed by atoms with Crippen LogP contribution in [0, 0.1) is 5.82 Å². The highest BCUT2D eigenvalue weighted by atomic mass is 19.1. The van der Waals surface area contributed by atoms with Crippen LogP contribution in [0.3, 0.4) is 0 Å². The van der Waals surface area contributed by atoms with E-state index >= 15 is 0 Å². The summed E-state index contributed by atoms with van der Waals surface area (Å²) in [5, 5.41) is 2.83. The molecular formula is C22H22FN5O4. The monoisotopic (exact) mass is 439 g/mol. The molecule has 0 fully saturated rings. The number of nitrogens with zero attached hydrogens (tertiary/aromatic N) is 2. The molecule has 32 heavy (non-hydrogen) atoms. The van der Waals surface area contributed by atoms with Crippen LogP contribution >= 0.6 is 0 Å². The minimum Gasteiger partial charge on any atom is -0.457 e. The topological polar surface area (TPSA) is 142 Å². The maximum Gasteiger partial charge on any atom is 0.267 e. The zero-order valence-corrected chi connectivity index (χ0v) is 17.5. The first-order chi connectivity index (χ1) is 15.3. The van der Waals surface area contributed by atoms with Crippen molar-refractivity contribution in [3.8, 4) is 22.9 Å². The molecule has 0 saturated heterocycles. The maximum atomic E-state index is 13.1. The van der Waals surface area contributed by atoms with E-state index in [0.29, 0.717) is 22.6 Å². The van der Waals surface area contributed by atoms with Crippen molar-refractivity contribution in [1.82, 2.24) is 9.97 Å². The number of nitrogens with one attached hydrogen (secondary N) is 1. The van der Waals surface area contributed by atoms with Crippen molar-refractivity contribution >= 4 is 17.6 Å². The van der Waals surface area contributed by atoms with Crippen molar-refractivity contribution in [3.05, 3.63) is 65.6 Å². The van der Waals surface area contributed by atoms with Crippen LogP contribution in [0.4, 0.5) is 10.2 Å². The number of carbonyl (C=O) groups is 2. The van der Waals surface area contributed by atoms with E-state index in [1.807, 2.05) is 0 Å². The Hall–Kier alpha value is -4.05. The average molecular weight is 439 g/mol. The molecule has 2 amide bonds. The highest BCUT2D eigenvalue weighted by molar-refractivity contribution is 5.92. The number of carbonyl (C=O) groups excluding carboxylic acids is 2. The van der Waals surface area contributed by atoms with Gasteiger partial charge in [0.1, 0.15) is 34.9 Å². The van der Waals surface area contributed by atoms with Gasteiger partial charge in [-0.25, -0.2) is 14.4 Å². The quantitative estimate of drug-likeness (QED) is 0.465. The highest BCUT2D eigenvalue weighted by Crippen LogP contribution is 2.30. The molecule has 1 atom stereocenters. The number of rotatable bonds is 9. The van der Waals surface area contributed by atoms with E-state index in [0.717, 1.165) is 0 Å². The smallest absolute Gasteiger partial charge is 0.267 e. The number of hydrogen-bond acceptors (Lipinski definition) is 7. The molecule has 166 valence electrons. The molecule has 1 heterocycles. The van der Waals surface area contributed by atoms with Gasteiger partial charge in [-0.15, -0.1) is 0 Å². The second-order valence-corrected chi connectivity index (χ2v) is 6.90. The lowest BCUT2D eigenvalue weighted by molar-refractivity contribution is -0.118. The number of aromatic nitrogens is 2. The Kier molecular flexibility index (Phi) is 6.96. The van der Waals surface area contributed by atoms with Crippen LogP contribution in [0.25, 0.3) is 11.4 Å². The largest absolute Gasteiger partial charge is 0.457 e. The molecule has 0 aliphatic carbocycles. The summed E-state index contributed by atoms with van der Waals surface area (Å²) < 4.78 is 24.2. The first kappa shape index (κ1) is 22.6.